The van der Waals surface area contributed by atoms with Gasteiger partial charge in [-0.05, 0) is 19.3 Å². The first-order valence-electron chi connectivity index (χ1n) is 4.61. The van der Waals surface area contributed by atoms with Crippen LogP contribution in [0.3, 0.4) is 0 Å². The number of nitrogens with one attached hydrogen (secondary N) is 1. The molecule has 0 aromatic rings. The second-order valence-electron chi connectivity index (χ2n) is 2.98. The van der Waals surface area contributed by atoms with Gasteiger partial charge in [-0.2, -0.15) is 13.2 Å². The van der Waals surface area contributed by atoms with Crippen molar-refractivity contribution in [3.05, 3.63) is 0 Å². The molecule has 0 saturated carbocycles. The van der Waals surface area contributed by atoms with Gasteiger partial charge in [-0.1, -0.05) is 0 Å². The van der Waals surface area contributed by atoms with Gasteiger partial charge in [-0.25, -0.2) is 4.79 Å². The Hall–Kier alpha value is -1.47. The molecule has 0 saturated heterocycles. The molecule has 0 aliphatic carbocycles. The second kappa shape index (κ2) is 6.91. The number of amides is 2. The lowest BCUT2D eigenvalue weighted by atomic mass is 10.2. The number of nitrogens with two attached hydrogens (primary N) is 1. The fraction of sp³-hybridized carbons (Fsp3) is 0.750. The van der Waals surface area contributed by atoms with Crippen molar-refractivity contribution in [1.82, 2.24) is 5.32 Å². The first kappa shape index (κ1) is 14.5. The highest BCUT2D eigenvalue weighted by Gasteiger charge is 2.38. The maximum atomic E-state index is 11.7. The lowest BCUT2D eigenvalue weighted by Crippen LogP contribution is -2.37. The minimum absolute atomic E-state index is 0.0606. The normalized spacial score (nSPS) is 10.9. The van der Waals surface area contributed by atoms with E-state index in [0.717, 1.165) is 0 Å². The number of carbonyl (C=O) groups is 2. The van der Waals surface area contributed by atoms with Gasteiger partial charge < -0.3 is 15.8 Å². The number of primary amides is 1. The van der Waals surface area contributed by atoms with Crippen LogP contribution in [-0.4, -0.2) is 31.3 Å². The summed E-state index contributed by atoms with van der Waals surface area (Å²) in [5, 5.41) is 1.73. The Morgan fingerprint density at radius 1 is 1.19 bits per heavy atom. The van der Waals surface area contributed by atoms with Crippen LogP contribution < -0.4 is 11.1 Å². The third-order valence-electron chi connectivity index (χ3n) is 1.61. The third-order valence-corrected chi connectivity index (χ3v) is 1.61. The summed E-state index contributed by atoms with van der Waals surface area (Å²) in [6.45, 7) is 0.0669. The van der Waals surface area contributed by atoms with E-state index in [1.165, 1.54) is 0 Å². The molecule has 0 heterocycles. The summed E-state index contributed by atoms with van der Waals surface area (Å²) in [6, 6.07) is 0. The van der Waals surface area contributed by atoms with Gasteiger partial charge in [0.2, 0.25) is 0 Å². The SMILES string of the molecule is NC(=O)OCCCCCNC(=O)C(F)(F)F. The Morgan fingerprint density at radius 3 is 2.31 bits per heavy atom. The monoisotopic (exact) mass is 242 g/mol. The summed E-state index contributed by atoms with van der Waals surface area (Å²) in [4.78, 5) is 20.4. The van der Waals surface area contributed by atoms with E-state index in [-0.39, 0.29) is 13.2 Å². The van der Waals surface area contributed by atoms with E-state index in [2.05, 4.69) is 10.5 Å². The standard InChI is InChI=1S/C8H13F3N2O3/c9-8(10,11)6(14)13-4-2-1-3-5-16-7(12)15/h1-5H2,(H2,12,15)(H,13,14). The molecule has 0 bridgehead atoms. The molecule has 16 heavy (non-hydrogen) atoms. The quantitative estimate of drug-likeness (QED) is 0.680. The minimum Gasteiger partial charge on any atom is -0.450 e. The van der Waals surface area contributed by atoms with Gasteiger partial charge in [0.25, 0.3) is 0 Å². The zero-order valence-electron chi connectivity index (χ0n) is 8.47. The molecule has 0 radical (unpaired) electrons. The number of unbranched alkanes of at least 4 members (excludes halogenated alkanes) is 2. The molecule has 8 heteroatoms. The number of halogens is 3. The van der Waals surface area contributed by atoms with Crippen molar-refractivity contribution in [3.63, 3.8) is 0 Å². The van der Waals surface area contributed by atoms with E-state index in [9.17, 15) is 22.8 Å². The average molecular weight is 242 g/mol. The van der Waals surface area contributed by atoms with E-state index in [1.54, 1.807) is 5.32 Å². The van der Waals surface area contributed by atoms with E-state index >= 15 is 0 Å². The van der Waals surface area contributed by atoms with Crippen LogP contribution in [0, 0.1) is 0 Å². The summed E-state index contributed by atoms with van der Waals surface area (Å²) < 4.78 is 39.4. The van der Waals surface area contributed by atoms with Gasteiger partial charge in [0.05, 0.1) is 6.61 Å². The van der Waals surface area contributed by atoms with Gasteiger partial charge in [-0.15, -0.1) is 0 Å². The van der Waals surface area contributed by atoms with Crippen molar-refractivity contribution in [2.45, 2.75) is 25.4 Å². The lowest BCUT2D eigenvalue weighted by Gasteiger charge is -2.07. The van der Waals surface area contributed by atoms with Crippen LogP contribution >= 0.6 is 0 Å². The largest absolute Gasteiger partial charge is 0.471 e. The molecule has 0 aromatic carbocycles. The topological polar surface area (TPSA) is 81.4 Å². The molecule has 3 N–H and O–H groups in total. The van der Waals surface area contributed by atoms with Gasteiger partial charge >= 0.3 is 18.2 Å². The molecule has 0 unspecified atom stereocenters. The Morgan fingerprint density at radius 2 is 1.81 bits per heavy atom. The second-order valence-corrected chi connectivity index (χ2v) is 2.98. The summed E-state index contributed by atoms with van der Waals surface area (Å²) in [7, 11) is 0. The highest BCUT2D eigenvalue weighted by atomic mass is 19.4. The maximum Gasteiger partial charge on any atom is 0.471 e. The minimum atomic E-state index is -4.84. The predicted molar refractivity (Wildman–Crippen MR) is 48.5 cm³/mol. The summed E-state index contributed by atoms with van der Waals surface area (Å²) >= 11 is 0. The Balaban J connectivity index is 3.34. The first-order valence-corrected chi connectivity index (χ1v) is 4.61. The van der Waals surface area contributed by atoms with Crippen molar-refractivity contribution in [3.8, 4) is 0 Å². The molecule has 0 fully saturated rings. The Labute approximate surface area is 90.1 Å². The van der Waals surface area contributed by atoms with Crippen molar-refractivity contribution >= 4 is 12.0 Å². The third kappa shape index (κ3) is 7.89. The molecule has 5 nitrogen and oxygen atoms in total. The molecule has 0 atom stereocenters. The van der Waals surface area contributed by atoms with Crippen LogP contribution in [0.2, 0.25) is 0 Å². The van der Waals surface area contributed by atoms with Gasteiger partial charge in [0.15, 0.2) is 0 Å². The molecular weight excluding hydrogens is 229 g/mol. The van der Waals surface area contributed by atoms with E-state index in [0.29, 0.717) is 19.3 Å². The Kier molecular flexibility index (Phi) is 6.28. The van der Waals surface area contributed by atoms with Crippen molar-refractivity contribution < 1.29 is 27.5 Å². The van der Waals surface area contributed by atoms with Crippen LogP contribution in [0.15, 0.2) is 0 Å². The molecule has 0 spiro atoms. The van der Waals surface area contributed by atoms with Crippen LogP contribution in [0.5, 0.6) is 0 Å². The summed E-state index contributed by atoms with van der Waals surface area (Å²) in [5.41, 5.74) is 4.68. The maximum absolute atomic E-state index is 11.7. The molecule has 0 aromatic heterocycles. The first-order chi connectivity index (χ1) is 7.34. The fourth-order valence-corrected chi connectivity index (χ4v) is 0.879. The smallest absolute Gasteiger partial charge is 0.450 e. The summed E-state index contributed by atoms with van der Waals surface area (Å²) in [5.74, 6) is -1.94. The van der Waals surface area contributed by atoms with Crippen LogP contribution in [0.4, 0.5) is 18.0 Å². The average Bonchev–Trinajstić information content (AvgIpc) is 2.14. The molecule has 0 rings (SSSR count). The number of hydrogen-bond donors (Lipinski definition) is 2. The summed E-state index contributed by atoms with van der Waals surface area (Å²) in [6.07, 6.45) is -4.32. The predicted octanol–water partition coefficient (Wildman–Crippen LogP) is 0.930. The van der Waals surface area contributed by atoms with Crippen LogP contribution in [0.25, 0.3) is 0 Å². The van der Waals surface area contributed by atoms with E-state index in [4.69, 9.17) is 0 Å². The van der Waals surface area contributed by atoms with E-state index < -0.39 is 18.2 Å². The number of carbonyl (C=O) groups excluding carboxylic acids is 2. The lowest BCUT2D eigenvalue weighted by molar-refractivity contribution is -0.173. The molecule has 0 aliphatic rings. The van der Waals surface area contributed by atoms with Gasteiger partial charge in [0.1, 0.15) is 0 Å². The van der Waals surface area contributed by atoms with Gasteiger partial charge in [0, 0.05) is 6.54 Å². The van der Waals surface area contributed by atoms with Crippen molar-refractivity contribution in [2.24, 2.45) is 5.73 Å². The highest BCUT2D eigenvalue weighted by molar-refractivity contribution is 5.81. The molecule has 94 valence electrons. The highest BCUT2D eigenvalue weighted by Crippen LogP contribution is 2.13. The Bertz CT molecular complexity index is 243. The zero-order valence-corrected chi connectivity index (χ0v) is 8.47. The molecule has 0 aliphatic heterocycles. The van der Waals surface area contributed by atoms with Crippen LogP contribution in [-0.2, 0) is 9.53 Å². The number of ether oxygens (including phenoxy) is 1. The molecule has 2 amide bonds. The number of hydrogen-bond acceptors (Lipinski definition) is 3. The molecular formula is C8H13F3N2O3. The fourth-order valence-electron chi connectivity index (χ4n) is 0.879. The van der Waals surface area contributed by atoms with E-state index in [1.807, 2.05) is 0 Å². The zero-order chi connectivity index (χ0) is 12.6. The van der Waals surface area contributed by atoms with Crippen molar-refractivity contribution in [2.75, 3.05) is 13.2 Å². The number of rotatable bonds is 6. The van der Waals surface area contributed by atoms with Crippen molar-refractivity contribution in [1.29, 1.82) is 0 Å². The number of alkyl halides is 3. The van der Waals surface area contributed by atoms with Gasteiger partial charge in [-0.3, -0.25) is 4.79 Å². The van der Waals surface area contributed by atoms with Crippen LogP contribution in [0.1, 0.15) is 19.3 Å².